The van der Waals surface area contributed by atoms with E-state index in [2.05, 4.69) is 0 Å². The number of benzene rings is 1. The lowest BCUT2D eigenvalue weighted by Gasteiger charge is -2.22. The number of nitrogens with zero attached hydrogens (tertiary/aromatic N) is 1. The molecule has 0 amide bonds. The van der Waals surface area contributed by atoms with Gasteiger partial charge in [-0.2, -0.15) is 4.31 Å². The van der Waals surface area contributed by atoms with Crippen LogP contribution in [0.1, 0.15) is 30.9 Å². The molecule has 1 aromatic rings. The van der Waals surface area contributed by atoms with Gasteiger partial charge in [-0.15, -0.1) is 11.6 Å². The molecule has 118 valence electrons. The van der Waals surface area contributed by atoms with Crippen LogP contribution in [0, 0.1) is 0 Å². The number of aryl methyl sites for hydroxylation is 1. The Labute approximate surface area is 132 Å². The van der Waals surface area contributed by atoms with Gasteiger partial charge >= 0.3 is 0 Å². The third-order valence-corrected chi connectivity index (χ3v) is 6.05. The van der Waals surface area contributed by atoms with Gasteiger partial charge in [0.15, 0.2) is 0 Å². The molecule has 0 radical (unpaired) electrons. The summed E-state index contributed by atoms with van der Waals surface area (Å²) < 4.78 is 32.5. The molecular formula is C15H22ClNO3S. The maximum absolute atomic E-state index is 12.8. The van der Waals surface area contributed by atoms with Crippen molar-refractivity contribution in [1.82, 2.24) is 4.31 Å². The number of ether oxygens (including phenoxy) is 1. The Morgan fingerprint density at radius 2 is 2.19 bits per heavy atom. The van der Waals surface area contributed by atoms with Crippen LogP contribution in [0.15, 0.2) is 23.1 Å². The predicted octanol–water partition coefficient (Wildman–Crippen LogP) is 2.79. The van der Waals surface area contributed by atoms with Gasteiger partial charge in [-0.3, -0.25) is 0 Å². The van der Waals surface area contributed by atoms with E-state index >= 15 is 0 Å². The summed E-state index contributed by atoms with van der Waals surface area (Å²) in [5.41, 5.74) is 1.64. The van der Waals surface area contributed by atoms with Gasteiger partial charge in [-0.1, -0.05) is 19.1 Å². The number of likely N-dealkylation sites (N-methyl/N-ethyl adjacent to an activating group) is 1. The molecule has 2 rings (SSSR count). The summed E-state index contributed by atoms with van der Waals surface area (Å²) in [5, 5.41) is 0. The molecule has 1 unspecified atom stereocenters. The lowest BCUT2D eigenvalue weighted by atomic mass is 10.1. The van der Waals surface area contributed by atoms with Gasteiger partial charge in [0.05, 0.1) is 11.0 Å². The lowest BCUT2D eigenvalue weighted by molar-refractivity contribution is 0.0979. The highest BCUT2D eigenvalue weighted by atomic mass is 35.5. The first kappa shape index (κ1) is 16.7. The minimum absolute atomic E-state index is 0.00561. The highest BCUT2D eigenvalue weighted by Gasteiger charge is 2.27. The van der Waals surface area contributed by atoms with E-state index in [1.165, 1.54) is 4.31 Å². The normalized spacial score (nSPS) is 19.3. The van der Waals surface area contributed by atoms with Crippen molar-refractivity contribution in [2.75, 3.05) is 20.2 Å². The number of sulfonamides is 1. The summed E-state index contributed by atoms with van der Waals surface area (Å²) in [6, 6.07) is 5.42. The summed E-state index contributed by atoms with van der Waals surface area (Å²) >= 11 is 5.83. The second-order valence-corrected chi connectivity index (χ2v) is 7.63. The van der Waals surface area contributed by atoms with Gasteiger partial charge in [0.25, 0.3) is 0 Å². The predicted molar refractivity (Wildman–Crippen MR) is 84.2 cm³/mol. The van der Waals surface area contributed by atoms with E-state index in [0.29, 0.717) is 23.7 Å². The largest absolute Gasteiger partial charge is 0.377 e. The number of rotatable bonds is 6. The molecule has 0 aromatic heterocycles. The Bertz CT molecular complexity index is 583. The van der Waals surface area contributed by atoms with E-state index in [-0.39, 0.29) is 6.10 Å². The van der Waals surface area contributed by atoms with E-state index in [1.54, 1.807) is 13.1 Å². The zero-order valence-corrected chi connectivity index (χ0v) is 14.1. The molecular weight excluding hydrogens is 310 g/mol. The highest BCUT2D eigenvalue weighted by molar-refractivity contribution is 7.89. The van der Waals surface area contributed by atoms with E-state index in [1.807, 2.05) is 19.1 Å². The standard InChI is InChI=1S/C15H22ClNO3S/c1-3-13-7-6-12(10-16)9-15(13)21(18,19)17(2)11-14-5-4-8-20-14/h6-7,9,14H,3-5,8,10-11H2,1-2H3. The van der Waals surface area contributed by atoms with Crippen molar-refractivity contribution in [2.24, 2.45) is 0 Å². The van der Waals surface area contributed by atoms with Crippen molar-refractivity contribution in [3.05, 3.63) is 29.3 Å². The molecule has 4 nitrogen and oxygen atoms in total. The average Bonchev–Trinajstić information content (AvgIpc) is 2.99. The van der Waals surface area contributed by atoms with Crippen LogP contribution in [0.4, 0.5) is 0 Å². The molecule has 0 spiro atoms. The monoisotopic (exact) mass is 331 g/mol. The number of hydrogen-bond donors (Lipinski definition) is 0. The molecule has 0 bridgehead atoms. The molecule has 1 aromatic carbocycles. The van der Waals surface area contributed by atoms with Crippen LogP contribution in [-0.4, -0.2) is 39.0 Å². The van der Waals surface area contributed by atoms with Crippen molar-refractivity contribution in [2.45, 2.75) is 43.1 Å². The topological polar surface area (TPSA) is 46.6 Å². The van der Waals surface area contributed by atoms with Crippen LogP contribution in [-0.2, 0) is 27.1 Å². The highest BCUT2D eigenvalue weighted by Crippen LogP contribution is 2.24. The first-order valence-corrected chi connectivity index (χ1v) is 9.22. The maximum Gasteiger partial charge on any atom is 0.243 e. The number of hydrogen-bond acceptors (Lipinski definition) is 3. The summed E-state index contributed by atoms with van der Waals surface area (Å²) in [6.07, 6.45) is 2.60. The van der Waals surface area contributed by atoms with E-state index in [0.717, 1.165) is 30.6 Å². The van der Waals surface area contributed by atoms with Crippen LogP contribution >= 0.6 is 11.6 Å². The summed E-state index contributed by atoms with van der Waals surface area (Å²) in [5.74, 6) is 0.308. The van der Waals surface area contributed by atoms with Crippen molar-refractivity contribution < 1.29 is 13.2 Å². The molecule has 6 heteroatoms. The van der Waals surface area contributed by atoms with Crippen LogP contribution < -0.4 is 0 Å². The smallest absolute Gasteiger partial charge is 0.243 e. The second kappa shape index (κ2) is 7.09. The molecule has 1 fully saturated rings. The first-order valence-electron chi connectivity index (χ1n) is 7.24. The van der Waals surface area contributed by atoms with E-state index < -0.39 is 10.0 Å². The fourth-order valence-corrected chi connectivity index (χ4v) is 4.26. The Morgan fingerprint density at radius 3 is 2.76 bits per heavy atom. The van der Waals surface area contributed by atoms with Gasteiger partial charge in [-0.25, -0.2) is 8.42 Å². The van der Waals surface area contributed by atoms with Gasteiger partial charge in [-0.05, 0) is 36.5 Å². The SMILES string of the molecule is CCc1ccc(CCl)cc1S(=O)(=O)N(C)CC1CCCO1. The van der Waals surface area contributed by atoms with Gasteiger partial charge < -0.3 is 4.74 Å². The first-order chi connectivity index (χ1) is 9.98. The van der Waals surface area contributed by atoms with Crippen molar-refractivity contribution in [1.29, 1.82) is 0 Å². The quantitative estimate of drug-likeness (QED) is 0.753. The van der Waals surface area contributed by atoms with Gasteiger partial charge in [0.1, 0.15) is 0 Å². The van der Waals surface area contributed by atoms with Crippen molar-refractivity contribution in [3.63, 3.8) is 0 Å². The van der Waals surface area contributed by atoms with Crippen LogP contribution in [0.25, 0.3) is 0 Å². The minimum Gasteiger partial charge on any atom is -0.377 e. The summed E-state index contributed by atoms with van der Waals surface area (Å²) in [7, 11) is -1.89. The molecule has 21 heavy (non-hydrogen) atoms. The third kappa shape index (κ3) is 3.77. The van der Waals surface area contributed by atoms with Crippen molar-refractivity contribution in [3.8, 4) is 0 Å². The maximum atomic E-state index is 12.8. The Hall–Kier alpha value is -0.620. The summed E-state index contributed by atoms with van der Waals surface area (Å²) in [4.78, 5) is 0.364. The van der Waals surface area contributed by atoms with E-state index in [4.69, 9.17) is 16.3 Å². The fourth-order valence-electron chi connectivity index (χ4n) is 2.56. The van der Waals surface area contributed by atoms with Crippen LogP contribution in [0.2, 0.25) is 0 Å². The molecule has 1 aliphatic rings. The van der Waals surface area contributed by atoms with Gasteiger partial charge in [0.2, 0.25) is 10.0 Å². The van der Waals surface area contributed by atoms with Gasteiger partial charge in [0, 0.05) is 26.1 Å². The van der Waals surface area contributed by atoms with Crippen LogP contribution in [0.3, 0.4) is 0 Å². The summed E-state index contributed by atoms with van der Waals surface area (Å²) in [6.45, 7) is 3.08. The second-order valence-electron chi connectivity index (χ2n) is 5.35. The number of alkyl halides is 1. The van der Waals surface area contributed by atoms with Crippen LogP contribution in [0.5, 0.6) is 0 Å². The molecule has 0 aliphatic carbocycles. The zero-order valence-electron chi connectivity index (χ0n) is 12.5. The van der Waals surface area contributed by atoms with E-state index in [9.17, 15) is 8.42 Å². The fraction of sp³-hybridized carbons (Fsp3) is 0.600. The molecule has 1 heterocycles. The third-order valence-electron chi connectivity index (χ3n) is 3.84. The zero-order chi connectivity index (χ0) is 15.5. The average molecular weight is 332 g/mol. The Morgan fingerprint density at radius 1 is 1.43 bits per heavy atom. The molecule has 0 saturated carbocycles. The Kier molecular flexibility index (Phi) is 5.66. The molecule has 0 N–H and O–H groups in total. The molecule has 1 aliphatic heterocycles. The number of halogens is 1. The molecule has 1 saturated heterocycles. The molecule has 1 atom stereocenters. The van der Waals surface area contributed by atoms with Crippen molar-refractivity contribution >= 4 is 21.6 Å². The lowest BCUT2D eigenvalue weighted by Crippen LogP contribution is -2.34. The minimum atomic E-state index is -3.51. The Balaban J connectivity index is 2.28.